The number of aromatic nitrogens is 2. The largest absolute Gasteiger partial charge is 0.482 e. The second kappa shape index (κ2) is 5.91. The van der Waals surface area contributed by atoms with Gasteiger partial charge in [-0.2, -0.15) is 0 Å². The molecule has 0 N–H and O–H groups in total. The van der Waals surface area contributed by atoms with Gasteiger partial charge < -0.3 is 13.6 Å². The molecule has 0 unspecified atom stereocenters. The van der Waals surface area contributed by atoms with Gasteiger partial charge in [-0.05, 0) is 52.7 Å². The molecule has 1 aromatic carbocycles. The van der Waals surface area contributed by atoms with Crippen LogP contribution in [0.3, 0.4) is 0 Å². The lowest BCUT2D eigenvalue weighted by Crippen LogP contribution is -1.96. The normalized spacial score (nSPS) is 10.8. The lowest BCUT2D eigenvalue weighted by atomic mass is 10.2. The first-order valence-electron chi connectivity index (χ1n) is 6.09. The second-order valence-electron chi connectivity index (χ2n) is 4.33. The Morgan fingerprint density at radius 3 is 2.81 bits per heavy atom. The summed E-state index contributed by atoms with van der Waals surface area (Å²) in [5.41, 5.74) is 1.06. The summed E-state index contributed by atoms with van der Waals surface area (Å²) >= 11 is 9.27. The number of hydrogen-bond acceptors (Lipinski definition) is 5. The maximum Gasteiger partial charge on any atom is 0.283 e. The molecule has 0 fully saturated rings. The molecule has 0 atom stereocenters. The lowest BCUT2D eigenvalue weighted by Gasteiger charge is -2.06. The van der Waals surface area contributed by atoms with Crippen LogP contribution in [0.1, 0.15) is 11.5 Å². The molecule has 3 aromatic rings. The predicted octanol–water partition coefficient (Wildman–Crippen LogP) is 4.63. The minimum atomic E-state index is 0.137. The number of nitrogens with zero attached hydrogens (tertiary/aromatic N) is 2. The van der Waals surface area contributed by atoms with Gasteiger partial charge in [-0.1, -0.05) is 17.7 Å². The summed E-state index contributed by atoms with van der Waals surface area (Å²) in [6, 6.07) is 9.03. The second-order valence-corrected chi connectivity index (χ2v) is 5.52. The third kappa shape index (κ3) is 3.28. The van der Waals surface area contributed by atoms with Crippen LogP contribution in [-0.4, -0.2) is 10.2 Å². The highest BCUT2D eigenvalue weighted by molar-refractivity contribution is 9.10. The summed E-state index contributed by atoms with van der Waals surface area (Å²) in [5, 5.41) is 8.35. The standard InChI is InChI=1S/C14H10BrClN2O3/c1-8-2-3-9(16)11(6-8)19-7-13-17-18-14(21-13)10-4-5-12(15)20-10/h2-6H,7H2,1H3. The maximum absolute atomic E-state index is 6.05. The van der Waals surface area contributed by atoms with E-state index in [-0.39, 0.29) is 6.61 Å². The van der Waals surface area contributed by atoms with Gasteiger partial charge in [0.1, 0.15) is 5.75 Å². The number of rotatable bonds is 4. The van der Waals surface area contributed by atoms with Gasteiger partial charge >= 0.3 is 0 Å². The number of hydrogen-bond donors (Lipinski definition) is 0. The Bertz CT molecular complexity index is 769. The Labute approximate surface area is 134 Å². The summed E-state index contributed by atoms with van der Waals surface area (Å²) in [6.07, 6.45) is 0. The monoisotopic (exact) mass is 368 g/mol. The molecule has 3 rings (SSSR count). The Hall–Kier alpha value is -1.79. The van der Waals surface area contributed by atoms with E-state index in [0.717, 1.165) is 5.56 Å². The Balaban J connectivity index is 1.71. The van der Waals surface area contributed by atoms with E-state index in [1.807, 2.05) is 19.1 Å². The zero-order valence-corrected chi connectivity index (χ0v) is 13.3. The van der Waals surface area contributed by atoms with Crippen LogP contribution in [0.5, 0.6) is 5.75 Å². The van der Waals surface area contributed by atoms with Gasteiger partial charge in [0.2, 0.25) is 0 Å². The fraction of sp³-hybridized carbons (Fsp3) is 0.143. The van der Waals surface area contributed by atoms with Crippen LogP contribution in [0.15, 0.2) is 43.8 Å². The fourth-order valence-corrected chi connectivity index (χ4v) is 2.18. The molecule has 0 aliphatic carbocycles. The number of halogens is 2. The minimum Gasteiger partial charge on any atom is -0.482 e. The number of ether oxygens (including phenoxy) is 1. The summed E-state index contributed by atoms with van der Waals surface area (Å²) in [6.45, 7) is 2.10. The number of aryl methyl sites for hydroxylation is 1. The Morgan fingerprint density at radius 2 is 2.05 bits per heavy atom. The van der Waals surface area contributed by atoms with Crippen molar-refractivity contribution in [2.75, 3.05) is 0 Å². The van der Waals surface area contributed by atoms with E-state index in [9.17, 15) is 0 Å². The molecule has 0 radical (unpaired) electrons. The van der Waals surface area contributed by atoms with Gasteiger partial charge in [0.15, 0.2) is 17.0 Å². The van der Waals surface area contributed by atoms with Crippen molar-refractivity contribution in [2.24, 2.45) is 0 Å². The molecular weight excluding hydrogens is 360 g/mol. The SMILES string of the molecule is Cc1ccc(Cl)c(OCc2nnc(-c3ccc(Br)o3)o2)c1. The molecule has 0 aliphatic rings. The van der Waals surface area contributed by atoms with E-state index in [2.05, 4.69) is 26.1 Å². The molecule has 0 aliphatic heterocycles. The maximum atomic E-state index is 6.05. The van der Waals surface area contributed by atoms with Crippen LogP contribution in [0.25, 0.3) is 11.7 Å². The van der Waals surface area contributed by atoms with Crippen LogP contribution in [-0.2, 0) is 6.61 Å². The van der Waals surface area contributed by atoms with Crippen LogP contribution >= 0.6 is 27.5 Å². The molecule has 21 heavy (non-hydrogen) atoms. The zero-order chi connectivity index (χ0) is 14.8. The van der Waals surface area contributed by atoms with Crippen molar-refractivity contribution in [1.82, 2.24) is 10.2 Å². The molecule has 0 spiro atoms. The van der Waals surface area contributed by atoms with Gasteiger partial charge in [-0.3, -0.25) is 0 Å². The van der Waals surface area contributed by atoms with E-state index >= 15 is 0 Å². The van der Waals surface area contributed by atoms with Gasteiger partial charge in [0, 0.05) is 0 Å². The van der Waals surface area contributed by atoms with Crippen molar-refractivity contribution < 1.29 is 13.6 Å². The first-order chi connectivity index (χ1) is 10.1. The Kier molecular flexibility index (Phi) is 3.98. The van der Waals surface area contributed by atoms with Crippen LogP contribution in [0, 0.1) is 6.92 Å². The average Bonchev–Trinajstić information content (AvgIpc) is 3.08. The molecule has 0 bridgehead atoms. The third-order valence-electron chi connectivity index (χ3n) is 2.69. The van der Waals surface area contributed by atoms with E-state index in [0.29, 0.717) is 33.0 Å². The fourth-order valence-electron chi connectivity index (χ4n) is 1.70. The topological polar surface area (TPSA) is 61.3 Å². The molecular formula is C14H10BrClN2O3. The number of benzene rings is 1. The summed E-state index contributed by atoms with van der Waals surface area (Å²) in [7, 11) is 0. The van der Waals surface area contributed by atoms with Crippen molar-refractivity contribution in [3.05, 3.63) is 51.5 Å². The molecule has 5 nitrogen and oxygen atoms in total. The molecule has 0 saturated carbocycles. The highest BCUT2D eigenvalue weighted by Gasteiger charge is 2.13. The Morgan fingerprint density at radius 1 is 1.19 bits per heavy atom. The summed E-state index contributed by atoms with van der Waals surface area (Å²) < 4.78 is 17.0. The van der Waals surface area contributed by atoms with E-state index in [1.54, 1.807) is 18.2 Å². The number of furan rings is 1. The quantitative estimate of drug-likeness (QED) is 0.671. The van der Waals surface area contributed by atoms with Crippen LogP contribution in [0.4, 0.5) is 0 Å². The summed E-state index contributed by atoms with van der Waals surface area (Å²) in [5.74, 6) is 1.72. The van der Waals surface area contributed by atoms with Crippen molar-refractivity contribution >= 4 is 27.5 Å². The highest BCUT2D eigenvalue weighted by atomic mass is 79.9. The predicted molar refractivity (Wildman–Crippen MR) is 80.2 cm³/mol. The minimum absolute atomic E-state index is 0.137. The third-order valence-corrected chi connectivity index (χ3v) is 3.43. The van der Waals surface area contributed by atoms with Gasteiger partial charge in [0.25, 0.3) is 11.8 Å². The van der Waals surface area contributed by atoms with Crippen LogP contribution in [0.2, 0.25) is 5.02 Å². The van der Waals surface area contributed by atoms with Crippen LogP contribution < -0.4 is 4.74 Å². The molecule has 0 saturated heterocycles. The van der Waals surface area contributed by atoms with Gasteiger partial charge in [-0.15, -0.1) is 10.2 Å². The van der Waals surface area contributed by atoms with Crippen molar-refractivity contribution in [3.63, 3.8) is 0 Å². The summed E-state index contributed by atoms with van der Waals surface area (Å²) in [4.78, 5) is 0. The van der Waals surface area contributed by atoms with E-state index in [4.69, 9.17) is 25.2 Å². The highest BCUT2D eigenvalue weighted by Crippen LogP contribution is 2.27. The molecule has 2 aromatic heterocycles. The van der Waals surface area contributed by atoms with Crippen molar-refractivity contribution in [1.29, 1.82) is 0 Å². The molecule has 108 valence electrons. The van der Waals surface area contributed by atoms with Gasteiger partial charge in [0.05, 0.1) is 5.02 Å². The first-order valence-corrected chi connectivity index (χ1v) is 7.26. The van der Waals surface area contributed by atoms with Crippen molar-refractivity contribution in [2.45, 2.75) is 13.5 Å². The van der Waals surface area contributed by atoms with Crippen molar-refractivity contribution in [3.8, 4) is 17.4 Å². The smallest absolute Gasteiger partial charge is 0.283 e. The molecule has 2 heterocycles. The van der Waals surface area contributed by atoms with Gasteiger partial charge in [-0.25, -0.2) is 0 Å². The molecule has 7 heteroatoms. The zero-order valence-electron chi connectivity index (χ0n) is 11.0. The molecule has 0 amide bonds. The average molecular weight is 370 g/mol. The van der Waals surface area contributed by atoms with E-state index < -0.39 is 0 Å². The lowest BCUT2D eigenvalue weighted by molar-refractivity contribution is 0.264. The first kappa shape index (κ1) is 14.2. The van der Waals surface area contributed by atoms with E-state index in [1.165, 1.54) is 0 Å².